The molecule has 140 valence electrons. The normalized spacial score (nSPS) is 19.2. The molecule has 1 aromatic heterocycles. The van der Waals surface area contributed by atoms with Gasteiger partial charge < -0.3 is 10.1 Å². The van der Waals surface area contributed by atoms with Crippen molar-refractivity contribution in [2.24, 2.45) is 0 Å². The van der Waals surface area contributed by atoms with Crippen LogP contribution in [0.4, 0.5) is 0 Å². The van der Waals surface area contributed by atoms with Crippen molar-refractivity contribution in [3.05, 3.63) is 51.3 Å². The number of nitrogens with zero attached hydrogens (tertiary/aromatic N) is 3. The fraction of sp³-hybridized carbons (Fsp3) is 0.368. The van der Waals surface area contributed by atoms with Crippen molar-refractivity contribution in [2.45, 2.75) is 44.8 Å². The Hall–Kier alpha value is -2.36. The highest BCUT2D eigenvalue weighted by molar-refractivity contribution is 6.32. The molecule has 1 aliphatic rings. The molecule has 0 atom stereocenters. The number of hydrogen-bond donors (Lipinski definition) is 1. The molecule has 1 N–H and O–H groups in total. The van der Waals surface area contributed by atoms with E-state index < -0.39 is 0 Å². The Morgan fingerprint density at radius 2 is 1.93 bits per heavy atom. The Labute approximate surface area is 167 Å². The van der Waals surface area contributed by atoms with Crippen LogP contribution in [0.15, 0.2) is 24.3 Å². The van der Waals surface area contributed by atoms with Gasteiger partial charge in [0.1, 0.15) is 11.8 Å². The number of halogens is 2. The Balaban J connectivity index is 1.53. The van der Waals surface area contributed by atoms with Crippen molar-refractivity contribution in [3.8, 4) is 11.8 Å². The average Bonchev–Trinajstić information content (AvgIpc) is 2.67. The summed E-state index contributed by atoms with van der Waals surface area (Å²) in [5.74, 6) is 0.446. The molecular weight excluding hydrogens is 387 g/mol. The zero-order valence-corrected chi connectivity index (χ0v) is 16.2. The van der Waals surface area contributed by atoms with Crippen molar-refractivity contribution in [1.82, 2.24) is 15.5 Å². The second-order valence-corrected chi connectivity index (χ2v) is 7.23. The van der Waals surface area contributed by atoms with E-state index in [0.29, 0.717) is 16.3 Å². The van der Waals surface area contributed by atoms with Crippen LogP contribution >= 0.6 is 23.2 Å². The number of benzene rings is 1. The Bertz CT molecular complexity index is 873. The van der Waals surface area contributed by atoms with Gasteiger partial charge in [-0.05, 0) is 56.9 Å². The van der Waals surface area contributed by atoms with E-state index in [1.54, 1.807) is 24.3 Å². The van der Waals surface area contributed by atoms with Crippen molar-refractivity contribution >= 4 is 29.1 Å². The third-order valence-corrected chi connectivity index (χ3v) is 5.31. The number of aromatic nitrogens is 2. The van der Waals surface area contributed by atoms with Gasteiger partial charge in [-0.1, -0.05) is 23.2 Å². The quantitative estimate of drug-likeness (QED) is 0.828. The molecule has 0 bridgehead atoms. The van der Waals surface area contributed by atoms with Gasteiger partial charge in [0, 0.05) is 11.6 Å². The summed E-state index contributed by atoms with van der Waals surface area (Å²) >= 11 is 11.9. The number of nitriles is 1. The first-order valence-electron chi connectivity index (χ1n) is 8.64. The maximum absolute atomic E-state index is 12.2. The molecule has 1 aliphatic carbocycles. The van der Waals surface area contributed by atoms with E-state index in [-0.39, 0.29) is 28.9 Å². The number of carbonyl (C=O) groups is 1. The minimum atomic E-state index is -0.252. The molecule has 6 nitrogen and oxygen atoms in total. The summed E-state index contributed by atoms with van der Waals surface area (Å²) in [6.45, 7) is 1.84. The molecule has 27 heavy (non-hydrogen) atoms. The number of hydrogen-bond acceptors (Lipinski definition) is 5. The minimum absolute atomic E-state index is 0.0520. The van der Waals surface area contributed by atoms with Crippen LogP contribution in [0.2, 0.25) is 10.2 Å². The molecule has 0 unspecified atom stereocenters. The van der Waals surface area contributed by atoms with Crippen LogP contribution in [0.5, 0.6) is 5.75 Å². The first kappa shape index (κ1) is 19.4. The van der Waals surface area contributed by atoms with Crippen LogP contribution in [0.3, 0.4) is 0 Å². The van der Waals surface area contributed by atoms with Crippen LogP contribution in [0, 0.1) is 18.3 Å². The molecule has 1 aromatic carbocycles. The van der Waals surface area contributed by atoms with E-state index in [9.17, 15) is 4.79 Å². The topological polar surface area (TPSA) is 87.9 Å². The first-order valence-corrected chi connectivity index (χ1v) is 9.39. The number of carbonyl (C=O) groups excluding carboxylic acids is 1. The third-order valence-electron chi connectivity index (χ3n) is 4.62. The summed E-state index contributed by atoms with van der Waals surface area (Å²) in [6, 6.07) is 8.68. The zero-order chi connectivity index (χ0) is 19.4. The van der Waals surface area contributed by atoms with E-state index in [1.807, 2.05) is 6.92 Å². The zero-order valence-electron chi connectivity index (χ0n) is 14.7. The van der Waals surface area contributed by atoms with Gasteiger partial charge in [-0.3, -0.25) is 4.79 Å². The van der Waals surface area contributed by atoms with Crippen molar-refractivity contribution < 1.29 is 9.53 Å². The summed E-state index contributed by atoms with van der Waals surface area (Å²) < 4.78 is 6.07. The summed E-state index contributed by atoms with van der Waals surface area (Å²) in [5, 5.41) is 20.2. The van der Waals surface area contributed by atoms with Gasteiger partial charge in [0.15, 0.2) is 10.8 Å². The summed E-state index contributed by atoms with van der Waals surface area (Å²) in [5.41, 5.74) is 1.46. The van der Waals surface area contributed by atoms with E-state index in [0.717, 1.165) is 31.2 Å². The molecule has 0 spiro atoms. The van der Waals surface area contributed by atoms with E-state index in [2.05, 4.69) is 21.6 Å². The second-order valence-electron chi connectivity index (χ2n) is 6.47. The lowest BCUT2D eigenvalue weighted by Gasteiger charge is -2.30. The first-order chi connectivity index (χ1) is 13.0. The molecule has 1 amide bonds. The summed E-state index contributed by atoms with van der Waals surface area (Å²) in [7, 11) is 0. The monoisotopic (exact) mass is 404 g/mol. The van der Waals surface area contributed by atoms with Crippen molar-refractivity contribution in [1.29, 1.82) is 5.26 Å². The van der Waals surface area contributed by atoms with Crippen molar-refractivity contribution in [3.63, 3.8) is 0 Å². The van der Waals surface area contributed by atoms with Gasteiger partial charge in [-0.2, -0.15) is 5.26 Å². The molecule has 8 heteroatoms. The lowest BCUT2D eigenvalue weighted by atomic mass is 9.92. The largest absolute Gasteiger partial charge is 0.490 e. The number of nitrogens with one attached hydrogen (secondary N) is 1. The molecule has 1 fully saturated rings. The highest BCUT2D eigenvalue weighted by Crippen LogP contribution is 2.31. The predicted molar refractivity (Wildman–Crippen MR) is 102 cm³/mol. The van der Waals surface area contributed by atoms with Crippen LogP contribution in [0.25, 0.3) is 0 Å². The molecule has 2 aromatic rings. The molecule has 0 radical (unpaired) electrons. The molecule has 0 aliphatic heterocycles. The molecule has 3 rings (SSSR count). The fourth-order valence-corrected chi connectivity index (χ4v) is 3.38. The van der Waals surface area contributed by atoms with Gasteiger partial charge >= 0.3 is 0 Å². The van der Waals surface area contributed by atoms with Gasteiger partial charge in [0.05, 0.1) is 16.7 Å². The van der Waals surface area contributed by atoms with Gasteiger partial charge in [0.25, 0.3) is 5.91 Å². The third kappa shape index (κ3) is 4.68. The second kappa shape index (κ2) is 8.55. The van der Waals surface area contributed by atoms with Crippen LogP contribution in [-0.2, 0) is 0 Å². The average molecular weight is 405 g/mol. The van der Waals surface area contributed by atoms with Crippen LogP contribution in [-0.4, -0.2) is 28.3 Å². The van der Waals surface area contributed by atoms with E-state index in [1.165, 1.54) is 0 Å². The van der Waals surface area contributed by atoms with Crippen LogP contribution < -0.4 is 10.1 Å². The van der Waals surface area contributed by atoms with E-state index >= 15 is 0 Å². The van der Waals surface area contributed by atoms with Gasteiger partial charge in [-0.15, -0.1) is 10.2 Å². The smallest absolute Gasteiger partial charge is 0.272 e. The van der Waals surface area contributed by atoms with Crippen LogP contribution in [0.1, 0.15) is 47.3 Å². The Morgan fingerprint density at radius 1 is 1.19 bits per heavy atom. The standard InChI is InChI=1S/C19H18Cl2N4O2/c1-11-16(8-2-12(10-22)18(11)21)27-14-5-3-13(4-6-14)23-19(26)15-7-9-17(20)25-24-15/h2,7-9,13-14H,3-6H2,1H3,(H,23,26). The SMILES string of the molecule is Cc1c(OC2CCC(NC(=O)c3ccc(Cl)nn3)CC2)ccc(C#N)c1Cl. The van der Waals surface area contributed by atoms with Crippen molar-refractivity contribution in [2.75, 3.05) is 0 Å². The molecule has 1 heterocycles. The maximum atomic E-state index is 12.2. The predicted octanol–water partition coefficient (Wildman–Crippen LogP) is 4.08. The van der Waals surface area contributed by atoms with Gasteiger partial charge in [0.2, 0.25) is 0 Å². The number of ether oxygens (including phenoxy) is 1. The number of rotatable bonds is 4. The minimum Gasteiger partial charge on any atom is -0.490 e. The summed E-state index contributed by atoms with van der Waals surface area (Å²) in [4.78, 5) is 12.2. The Kier molecular flexibility index (Phi) is 6.15. The lowest BCUT2D eigenvalue weighted by Crippen LogP contribution is -2.40. The highest BCUT2D eigenvalue weighted by Gasteiger charge is 2.25. The molecule has 0 saturated heterocycles. The summed E-state index contributed by atoms with van der Waals surface area (Å²) in [6.07, 6.45) is 3.29. The Morgan fingerprint density at radius 3 is 2.56 bits per heavy atom. The van der Waals surface area contributed by atoms with E-state index in [4.69, 9.17) is 33.2 Å². The van der Waals surface area contributed by atoms with Gasteiger partial charge in [-0.25, -0.2) is 0 Å². The maximum Gasteiger partial charge on any atom is 0.272 e. The molecule has 1 saturated carbocycles. The molecular formula is C19H18Cl2N4O2. The highest BCUT2D eigenvalue weighted by atomic mass is 35.5. The number of amides is 1. The fourth-order valence-electron chi connectivity index (χ4n) is 3.08. The lowest BCUT2D eigenvalue weighted by molar-refractivity contribution is 0.0887.